The molecule has 0 saturated heterocycles. The maximum absolute atomic E-state index is 10.9. The third kappa shape index (κ3) is 6.10. The van der Waals surface area contributed by atoms with Crippen molar-refractivity contribution in [3.05, 3.63) is 0 Å². The molecule has 0 aliphatic rings. The lowest BCUT2D eigenvalue weighted by atomic mass is 10.5. The van der Waals surface area contributed by atoms with Gasteiger partial charge < -0.3 is 15.4 Å². The maximum Gasteiger partial charge on any atom is 0.396 e. The summed E-state index contributed by atoms with van der Waals surface area (Å²) < 4.78 is 4.49. The van der Waals surface area contributed by atoms with Crippen molar-refractivity contribution < 1.29 is 14.3 Å². The van der Waals surface area contributed by atoms with Crippen LogP contribution in [0, 0.1) is 0 Å². The van der Waals surface area contributed by atoms with E-state index in [-0.39, 0.29) is 6.61 Å². The lowest BCUT2D eigenvalue weighted by Crippen LogP contribution is -2.37. The summed E-state index contributed by atoms with van der Waals surface area (Å²) >= 11 is 0. The van der Waals surface area contributed by atoms with Crippen LogP contribution in [0.2, 0.25) is 0 Å². The summed E-state index contributed by atoms with van der Waals surface area (Å²) in [6, 6.07) is 0. The molecule has 2 N–H and O–H groups in total. The molecule has 0 heterocycles. The van der Waals surface area contributed by atoms with Gasteiger partial charge >= 0.3 is 11.9 Å². The summed E-state index contributed by atoms with van der Waals surface area (Å²) in [5.41, 5.74) is 0. The summed E-state index contributed by atoms with van der Waals surface area (Å²) in [4.78, 5) is 21.6. The molecule has 0 aromatic rings. The standard InChI is InChI=1S/C8H16N2O3/c1-3-9-5-6-10-7(11)8(12)13-4-2/h9H,3-6H2,1-2H3,(H,10,11). The minimum absolute atomic E-state index is 0.222. The van der Waals surface area contributed by atoms with Crippen molar-refractivity contribution in [3.8, 4) is 0 Å². The molecule has 0 aliphatic carbocycles. The molecule has 13 heavy (non-hydrogen) atoms. The van der Waals surface area contributed by atoms with E-state index in [1.807, 2.05) is 6.92 Å². The van der Waals surface area contributed by atoms with E-state index in [4.69, 9.17) is 0 Å². The molecule has 0 atom stereocenters. The van der Waals surface area contributed by atoms with E-state index < -0.39 is 11.9 Å². The summed E-state index contributed by atoms with van der Waals surface area (Å²) in [5, 5.41) is 5.43. The van der Waals surface area contributed by atoms with Gasteiger partial charge in [0.15, 0.2) is 0 Å². The molecule has 5 nitrogen and oxygen atoms in total. The van der Waals surface area contributed by atoms with Crippen LogP contribution in [0.25, 0.3) is 0 Å². The lowest BCUT2D eigenvalue weighted by Gasteiger charge is -2.04. The van der Waals surface area contributed by atoms with Gasteiger partial charge in [-0.25, -0.2) is 4.79 Å². The van der Waals surface area contributed by atoms with Crippen LogP contribution in [0.15, 0.2) is 0 Å². The smallest absolute Gasteiger partial charge is 0.396 e. The van der Waals surface area contributed by atoms with E-state index in [9.17, 15) is 9.59 Å². The largest absolute Gasteiger partial charge is 0.459 e. The topological polar surface area (TPSA) is 67.4 Å². The van der Waals surface area contributed by atoms with Gasteiger partial charge in [-0.1, -0.05) is 6.92 Å². The van der Waals surface area contributed by atoms with Crippen LogP contribution in [0.4, 0.5) is 0 Å². The minimum atomic E-state index is -0.820. The van der Waals surface area contributed by atoms with Gasteiger partial charge in [-0.3, -0.25) is 4.79 Å². The molecule has 0 aliphatic heterocycles. The van der Waals surface area contributed by atoms with Gasteiger partial charge in [-0.05, 0) is 13.5 Å². The fraction of sp³-hybridized carbons (Fsp3) is 0.750. The number of amides is 1. The Balaban J connectivity index is 3.44. The highest BCUT2D eigenvalue weighted by Crippen LogP contribution is 1.77. The van der Waals surface area contributed by atoms with E-state index in [0.717, 1.165) is 6.54 Å². The Hall–Kier alpha value is -1.10. The second-order valence-electron chi connectivity index (χ2n) is 2.33. The Morgan fingerprint density at radius 3 is 2.46 bits per heavy atom. The summed E-state index contributed by atoms with van der Waals surface area (Å²) in [6.07, 6.45) is 0. The second-order valence-corrected chi connectivity index (χ2v) is 2.33. The number of likely N-dealkylation sites (N-methyl/N-ethyl adjacent to an activating group) is 1. The monoisotopic (exact) mass is 188 g/mol. The SMILES string of the molecule is CCNCCNC(=O)C(=O)OCC. The van der Waals surface area contributed by atoms with Crippen molar-refractivity contribution in [1.82, 2.24) is 10.6 Å². The molecule has 76 valence electrons. The third-order valence-corrected chi connectivity index (χ3v) is 1.30. The average Bonchev–Trinajstić information content (AvgIpc) is 2.12. The zero-order valence-electron chi connectivity index (χ0n) is 8.05. The Morgan fingerprint density at radius 2 is 1.92 bits per heavy atom. The van der Waals surface area contributed by atoms with Gasteiger partial charge in [0.25, 0.3) is 0 Å². The minimum Gasteiger partial charge on any atom is -0.459 e. The Bertz CT molecular complexity index is 171. The molecule has 0 aromatic carbocycles. The van der Waals surface area contributed by atoms with Crippen molar-refractivity contribution in [1.29, 1.82) is 0 Å². The van der Waals surface area contributed by atoms with E-state index in [2.05, 4.69) is 15.4 Å². The van der Waals surface area contributed by atoms with E-state index in [0.29, 0.717) is 13.1 Å². The van der Waals surface area contributed by atoms with Crippen molar-refractivity contribution >= 4 is 11.9 Å². The van der Waals surface area contributed by atoms with Crippen LogP contribution in [0.1, 0.15) is 13.8 Å². The predicted molar refractivity (Wildman–Crippen MR) is 48.2 cm³/mol. The molecular weight excluding hydrogens is 172 g/mol. The molecule has 0 fully saturated rings. The Morgan fingerprint density at radius 1 is 1.23 bits per heavy atom. The number of esters is 1. The second kappa shape index (κ2) is 7.54. The molecule has 0 rings (SSSR count). The van der Waals surface area contributed by atoms with Crippen LogP contribution in [0.5, 0.6) is 0 Å². The lowest BCUT2D eigenvalue weighted by molar-refractivity contribution is -0.154. The van der Waals surface area contributed by atoms with Gasteiger partial charge in [0.1, 0.15) is 0 Å². The molecule has 0 radical (unpaired) electrons. The van der Waals surface area contributed by atoms with E-state index in [1.165, 1.54) is 0 Å². The summed E-state index contributed by atoms with van der Waals surface area (Å²) in [5.74, 6) is -1.50. The first-order valence-electron chi connectivity index (χ1n) is 4.38. The molecular formula is C8H16N2O3. The zero-order valence-corrected chi connectivity index (χ0v) is 8.05. The first-order chi connectivity index (χ1) is 6.22. The van der Waals surface area contributed by atoms with E-state index >= 15 is 0 Å². The Labute approximate surface area is 77.8 Å². The van der Waals surface area contributed by atoms with Crippen LogP contribution >= 0.6 is 0 Å². The van der Waals surface area contributed by atoms with Gasteiger partial charge in [-0.2, -0.15) is 0 Å². The highest BCUT2D eigenvalue weighted by atomic mass is 16.5. The maximum atomic E-state index is 10.9. The molecule has 5 heteroatoms. The van der Waals surface area contributed by atoms with Gasteiger partial charge in [0.2, 0.25) is 0 Å². The van der Waals surface area contributed by atoms with Crippen LogP contribution in [-0.2, 0) is 14.3 Å². The molecule has 1 amide bonds. The Kier molecular flexibility index (Phi) is 6.91. The average molecular weight is 188 g/mol. The van der Waals surface area contributed by atoms with Crippen molar-refractivity contribution in [2.75, 3.05) is 26.2 Å². The zero-order chi connectivity index (χ0) is 10.1. The number of carbonyl (C=O) groups excluding carboxylic acids is 2. The van der Waals surface area contributed by atoms with Crippen LogP contribution in [-0.4, -0.2) is 38.1 Å². The highest BCUT2D eigenvalue weighted by molar-refractivity contribution is 6.32. The normalized spacial score (nSPS) is 9.38. The van der Waals surface area contributed by atoms with Gasteiger partial charge in [0.05, 0.1) is 6.61 Å². The first kappa shape index (κ1) is 11.9. The fourth-order valence-corrected chi connectivity index (χ4v) is 0.710. The van der Waals surface area contributed by atoms with Gasteiger partial charge in [-0.15, -0.1) is 0 Å². The predicted octanol–water partition coefficient (Wildman–Crippen LogP) is -0.725. The van der Waals surface area contributed by atoms with Crippen LogP contribution in [0.3, 0.4) is 0 Å². The fourth-order valence-electron chi connectivity index (χ4n) is 0.710. The molecule has 0 aromatic heterocycles. The highest BCUT2D eigenvalue weighted by Gasteiger charge is 2.12. The molecule has 0 spiro atoms. The number of carbonyl (C=O) groups is 2. The first-order valence-corrected chi connectivity index (χ1v) is 4.38. The van der Waals surface area contributed by atoms with Crippen molar-refractivity contribution in [2.24, 2.45) is 0 Å². The third-order valence-electron chi connectivity index (χ3n) is 1.30. The van der Waals surface area contributed by atoms with Crippen molar-refractivity contribution in [3.63, 3.8) is 0 Å². The van der Waals surface area contributed by atoms with Gasteiger partial charge in [0, 0.05) is 13.1 Å². The number of rotatable bonds is 5. The number of nitrogens with one attached hydrogen (secondary N) is 2. The molecule has 0 bridgehead atoms. The number of hydrogen-bond donors (Lipinski definition) is 2. The summed E-state index contributed by atoms with van der Waals surface area (Å²) in [7, 11) is 0. The van der Waals surface area contributed by atoms with E-state index in [1.54, 1.807) is 6.92 Å². The number of hydrogen-bond acceptors (Lipinski definition) is 4. The number of ether oxygens (including phenoxy) is 1. The molecule has 0 saturated carbocycles. The molecule has 0 unspecified atom stereocenters. The van der Waals surface area contributed by atoms with Crippen LogP contribution < -0.4 is 10.6 Å². The quantitative estimate of drug-likeness (QED) is 0.339. The summed E-state index contributed by atoms with van der Waals surface area (Å²) in [6.45, 7) is 5.78. The van der Waals surface area contributed by atoms with Crippen molar-refractivity contribution in [2.45, 2.75) is 13.8 Å².